The molecule has 294 valence electrons. The van der Waals surface area contributed by atoms with E-state index in [1.54, 1.807) is 24.3 Å². The zero-order valence-corrected chi connectivity index (χ0v) is 33.4. The molecule has 2 atom stereocenters. The number of nitrogens with one attached hydrogen (secondary N) is 2. The third-order valence-corrected chi connectivity index (χ3v) is 11.7. The number of hydrogen-bond donors (Lipinski definition) is 2. The number of piperidine rings is 1. The van der Waals surface area contributed by atoms with Gasteiger partial charge >= 0.3 is 5.97 Å². The number of imide groups is 1. The fourth-order valence-electron chi connectivity index (χ4n) is 7.10. The summed E-state index contributed by atoms with van der Waals surface area (Å²) in [4.78, 5) is 72.6. The zero-order valence-electron chi connectivity index (χ0n) is 31.9. The Hall–Kier alpha value is -5.08. The number of ether oxygens (including phenoxy) is 1. The van der Waals surface area contributed by atoms with E-state index < -0.39 is 23.8 Å². The number of fused-ring (bicyclic) bond motifs is 3. The number of amides is 2. The summed E-state index contributed by atoms with van der Waals surface area (Å²) in [7, 11) is 1.35. The van der Waals surface area contributed by atoms with Gasteiger partial charge in [-0.15, -0.1) is 21.5 Å². The Bertz CT molecular complexity index is 2140. The van der Waals surface area contributed by atoms with E-state index >= 15 is 0 Å². The first-order valence-corrected chi connectivity index (χ1v) is 20.3. The van der Waals surface area contributed by atoms with E-state index in [2.05, 4.69) is 25.8 Å². The van der Waals surface area contributed by atoms with Gasteiger partial charge in [-0.2, -0.15) is 0 Å². The number of ketones is 2. The van der Waals surface area contributed by atoms with E-state index in [0.717, 1.165) is 73.2 Å². The van der Waals surface area contributed by atoms with Crippen LogP contribution in [0.1, 0.15) is 132 Å². The van der Waals surface area contributed by atoms with Gasteiger partial charge in [-0.1, -0.05) is 61.9 Å². The third kappa shape index (κ3) is 9.65. The minimum atomic E-state index is -0.630. The van der Waals surface area contributed by atoms with E-state index in [-0.39, 0.29) is 36.7 Å². The second-order valence-corrected chi connectivity index (χ2v) is 15.7. The van der Waals surface area contributed by atoms with Crippen LogP contribution in [0.25, 0.3) is 5.00 Å². The van der Waals surface area contributed by atoms with E-state index in [1.807, 2.05) is 36.6 Å². The lowest BCUT2D eigenvalue weighted by Gasteiger charge is -2.19. The van der Waals surface area contributed by atoms with Crippen LogP contribution in [0, 0.1) is 19.8 Å². The van der Waals surface area contributed by atoms with Gasteiger partial charge in [0.05, 0.1) is 24.1 Å². The van der Waals surface area contributed by atoms with Gasteiger partial charge in [0.25, 0.3) is 0 Å². The van der Waals surface area contributed by atoms with E-state index in [1.165, 1.54) is 18.4 Å². The standard InChI is InChI=1S/C41H46ClN7O6S/c1-24-36-37(26-15-18-28(42)19-16-26)45-30(23-35(53)55-3)39-48-47-25(2)49(39)41(36)56-38(24)31(50)13-9-7-5-4-6-8-10-21-43-33-14-11-12-29(44-33)32(51)22-27-17-20-34(52)46-40(27)54/h11-12,14-16,18-19,27,30H,4-10,13,17,20-23H2,1-3H3,(H,43,44)(H,46,52,54)/t27?,30-/m0/s1. The minimum Gasteiger partial charge on any atom is -0.469 e. The molecule has 1 unspecified atom stereocenters. The molecule has 2 aliphatic heterocycles. The van der Waals surface area contributed by atoms with Crippen molar-refractivity contribution in [3.8, 4) is 5.00 Å². The summed E-state index contributed by atoms with van der Waals surface area (Å²) in [5, 5.41) is 15.7. The smallest absolute Gasteiger partial charge is 0.308 e. The highest BCUT2D eigenvalue weighted by Crippen LogP contribution is 2.40. The van der Waals surface area contributed by atoms with Gasteiger partial charge in [0, 0.05) is 47.9 Å². The number of halogens is 1. The molecule has 56 heavy (non-hydrogen) atoms. The lowest BCUT2D eigenvalue weighted by atomic mass is 9.92. The van der Waals surface area contributed by atoms with Crippen molar-refractivity contribution in [3.05, 3.63) is 86.4 Å². The highest BCUT2D eigenvalue weighted by atomic mass is 35.5. The molecular weight excluding hydrogens is 754 g/mol. The molecule has 2 N–H and O–H groups in total. The fourth-order valence-corrected chi connectivity index (χ4v) is 8.56. The molecule has 1 saturated heterocycles. The number of carbonyl (C=O) groups excluding carboxylic acids is 5. The topological polar surface area (TPSA) is 175 Å². The number of rotatable bonds is 18. The molecule has 0 aliphatic carbocycles. The maximum atomic E-state index is 13.7. The third-order valence-electron chi connectivity index (χ3n) is 10.2. The second kappa shape index (κ2) is 18.7. The number of benzene rings is 1. The van der Waals surface area contributed by atoms with Crippen LogP contribution in [-0.2, 0) is 19.1 Å². The first-order chi connectivity index (χ1) is 27.0. The van der Waals surface area contributed by atoms with Crippen molar-refractivity contribution in [2.24, 2.45) is 10.9 Å². The zero-order chi connectivity index (χ0) is 39.8. The monoisotopic (exact) mass is 799 g/mol. The van der Waals surface area contributed by atoms with Crippen LogP contribution in [0.4, 0.5) is 5.82 Å². The number of hydrogen-bond acceptors (Lipinski definition) is 12. The molecule has 2 amide bonds. The van der Waals surface area contributed by atoms with Crippen LogP contribution in [0.15, 0.2) is 47.5 Å². The summed E-state index contributed by atoms with van der Waals surface area (Å²) in [6.07, 6.45) is 8.04. The van der Waals surface area contributed by atoms with E-state index in [9.17, 15) is 24.0 Å². The number of aliphatic imine (C=N–C) groups is 1. The molecule has 13 nitrogen and oxygen atoms in total. The molecule has 0 bridgehead atoms. The number of esters is 1. The largest absolute Gasteiger partial charge is 0.469 e. The van der Waals surface area contributed by atoms with Crippen LogP contribution in [0.5, 0.6) is 0 Å². The Balaban J connectivity index is 0.975. The molecule has 0 spiro atoms. The van der Waals surface area contributed by atoms with Crippen molar-refractivity contribution in [3.63, 3.8) is 0 Å². The quantitative estimate of drug-likeness (QED) is 0.0444. The van der Waals surface area contributed by atoms with Crippen molar-refractivity contribution < 1.29 is 28.7 Å². The maximum Gasteiger partial charge on any atom is 0.308 e. The van der Waals surface area contributed by atoms with Gasteiger partial charge in [-0.25, -0.2) is 4.98 Å². The lowest BCUT2D eigenvalue weighted by molar-refractivity contribution is -0.141. The molecule has 5 heterocycles. The van der Waals surface area contributed by atoms with Gasteiger partial charge in [0.2, 0.25) is 11.8 Å². The van der Waals surface area contributed by atoms with Crippen molar-refractivity contribution in [2.75, 3.05) is 19.0 Å². The van der Waals surface area contributed by atoms with Crippen LogP contribution in [0.2, 0.25) is 5.02 Å². The van der Waals surface area contributed by atoms with Gasteiger partial charge in [-0.05, 0) is 62.9 Å². The number of Topliss-reactive ketones (excluding diaryl/α,β-unsaturated/α-hetero) is 2. The van der Waals surface area contributed by atoms with Gasteiger partial charge < -0.3 is 10.1 Å². The number of methoxy groups -OCH3 is 1. The Kier molecular flexibility index (Phi) is 13.6. The molecular formula is C41H46ClN7O6S. The number of aryl methyl sites for hydroxylation is 1. The molecule has 0 radical (unpaired) electrons. The number of carbonyl (C=O) groups is 5. The Labute approximate surface area is 334 Å². The number of pyridine rings is 1. The number of anilines is 1. The molecule has 1 aromatic carbocycles. The number of nitrogens with zero attached hydrogens (tertiary/aromatic N) is 5. The summed E-state index contributed by atoms with van der Waals surface area (Å²) >= 11 is 7.65. The molecule has 15 heteroatoms. The number of unbranched alkanes of at least 4 members (excludes halogenated alkanes) is 6. The minimum absolute atomic E-state index is 0.00544. The summed E-state index contributed by atoms with van der Waals surface area (Å²) in [6, 6.07) is 12.0. The number of aromatic nitrogens is 4. The van der Waals surface area contributed by atoms with Crippen molar-refractivity contribution >= 4 is 63.8 Å². The average Bonchev–Trinajstić information content (AvgIpc) is 3.69. The highest BCUT2D eigenvalue weighted by molar-refractivity contribution is 7.17. The highest BCUT2D eigenvalue weighted by Gasteiger charge is 2.34. The second-order valence-electron chi connectivity index (χ2n) is 14.2. The predicted octanol–water partition coefficient (Wildman–Crippen LogP) is 7.49. The van der Waals surface area contributed by atoms with Crippen molar-refractivity contribution in [1.82, 2.24) is 25.1 Å². The normalized spacial score (nSPS) is 16.3. The average molecular weight is 800 g/mol. The van der Waals surface area contributed by atoms with Gasteiger partial charge in [-0.3, -0.25) is 38.8 Å². The summed E-state index contributed by atoms with van der Waals surface area (Å²) in [5.41, 5.74) is 3.47. The number of thiophene rings is 1. The van der Waals surface area contributed by atoms with Crippen LogP contribution < -0.4 is 10.6 Å². The first-order valence-electron chi connectivity index (χ1n) is 19.1. The predicted molar refractivity (Wildman–Crippen MR) is 214 cm³/mol. The van der Waals surface area contributed by atoms with E-state index in [4.69, 9.17) is 21.3 Å². The van der Waals surface area contributed by atoms with Gasteiger partial charge in [0.15, 0.2) is 17.4 Å². The van der Waals surface area contributed by atoms with E-state index in [0.29, 0.717) is 51.6 Å². The Morgan fingerprint density at radius 3 is 2.41 bits per heavy atom. The Morgan fingerprint density at radius 2 is 1.68 bits per heavy atom. The first kappa shape index (κ1) is 40.6. The summed E-state index contributed by atoms with van der Waals surface area (Å²) < 4.78 is 6.90. The molecule has 3 aromatic heterocycles. The SMILES string of the molecule is COC(=O)C[C@@H]1N=C(c2ccc(Cl)cc2)c2c(sc(C(=O)CCCCCCCCCNc3cccc(C(=O)CC4CCC(=O)NC4=O)n3)c2C)-n2c(C)nnc21. The van der Waals surface area contributed by atoms with Crippen molar-refractivity contribution in [2.45, 2.75) is 96.9 Å². The lowest BCUT2D eigenvalue weighted by Crippen LogP contribution is -2.41. The van der Waals surface area contributed by atoms with Crippen LogP contribution in [0.3, 0.4) is 0 Å². The Morgan fingerprint density at radius 1 is 0.946 bits per heavy atom. The summed E-state index contributed by atoms with van der Waals surface area (Å²) in [5.74, 6) is 0.0615. The molecule has 6 rings (SSSR count). The molecule has 2 aliphatic rings. The van der Waals surface area contributed by atoms with Crippen LogP contribution >= 0.6 is 22.9 Å². The van der Waals surface area contributed by atoms with Crippen LogP contribution in [-0.4, -0.2) is 68.5 Å². The molecule has 0 saturated carbocycles. The molecule has 4 aromatic rings. The summed E-state index contributed by atoms with van der Waals surface area (Å²) in [6.45, 7) is 4.53. The van der Waals surface area contributed by atoms with Crippen molar-refractivity contribution in [1.29, 1.82) is 0 Å². The fraction of sp³-hybridized carbons (Fsp3) is 0.439. The molecule has 1 fully saturated rings. The maximum absolute atomic E-state index is 13.7. The van der Waals surface area contributed by atoms with Gasteiger partial charge in [0.1, 0.15) is 28.4 Å².